The molecule has 1 heterocycles. The van der Waals surface area contributed by atoms with Gasteiger partial charge in [0.15, 0.2) is 0 Å². The van der Waals surface area contributed by atoms with Crippen molar-refractivity contribution in [2.45, 2.75) is 6.92 Å². The van der Waals surface area contributed by atoms with E-state index < -0.39 is 0 Å². The smallest absolute Gasteiger partial charge is 0.577 e. The van der Waals surface area contributed by atoms with Crippen molar-refractivity contribution >= 4 is 35.0 Å². The maximum absolute atomic E-state index is 8.58. The molecule has 0 aliphatic carbocycles. The Bertz CT molecular complexity index is 1200. The van der Waals surface area contributed by atoms with Crippen molar-refractivity contribution in [3.8, 4) is 11.5 Å². The third kappa shape index (κ3) is 9.31. The number of fused-ring (bicyclic) bond motifs is 1. The zero-order valence-electron chi connectivity index (χ0n) is 20.8. The normalized spacial score (nSPS) is 10.9. The summed E-state index contributed by atoms with van der Waals surface area (Å²) in [5.41, 5.74) is 2.43. The molecule has 2 N–H and O–H groups in total. The van der Waals surface area contributed by atoms with Gasteiger partial charge in [-0.2, -0.15) is 12.1 Å². The molecule has 0 amide bonds. The van der Waals surface area contributed by atoms with E-state index in [0.717, 1.165) is 28.7 Å². The number of aryl methyl sites for hydroxylation is 1. The third-order valence-electron chi connectivity index (χ3n) is 4.53. The van der Waals surface area contributed by atoms with E-state index in [2.05, 4.69) is 44.8 Å². The minimum atomic E-state index is 0. The molecule has 0 bridgehead atoms. The first-order valence-corrected chi connectivity index (χ1v) is 10.5. The molecule has 0 aliphatic heterocycles. The number of aromatic nitrogens is 2. The fourth-order valence-electron chi connectivity index (χ4n) is 2.92. The van der Waals surface area contributed by atoms with Gasteiger partial charge in [0.05, 0.1) is 5.82 Å². The van der Waals surface area contributed by atoms with Crippen molar-refractivity contribution in [3.63, 3.8) is 0 Å². The number of allylic oxidation sites excluding steroid dienone is 2. The Labute approximate surface area is 236 Å². The van der Waals surface area contributed by atoms with Crippen molar-refractivity contribution in [1.29, 1.82) is 0 Å². The number of nitrogens with zero attached hydrogens (tertiary/aromatic N) is 4. The van der Waals surface area contributed by atoms with Crippen LogP contribution >= 0.6 is 0 Å². The molecular weight excluding hydrogens is 442 g/mol. The topological polar surface area (TPSA) is 103 Å². The van der Waals surface area contributed by atoms with Crippen LogP contribution in [0.4, 0.5) is 11.5 Å². The summed E-state index contributed by atoms with van der Waals surface area (Å²) < 4.78 is 11.5. The Kier molecular flexibility index (Phi) is 14.5. The molecule has 3 rings (SSSR count). The second-order valence-electron chi connectivity index (χ2n) is 6.92. The second kappa shape index (κ2) is 16.8. The van der Waals surface area contributed by atoms with Crippen molar-refractivity contribution in [3.05, 3.63) is 91.5 Å². The summed E-state index contributed by atoms with van der Waals surface area (Å²) in [5.74, 6) is 2.20. The van der Waals surface area contributed by atoms with Crippen LogP contribution < -0.4 is 57.8 Å². The van der Waals surface area contributed by atoms with Gasteiger partial charge in [0.1, 0.15) is 12.1 Å². The standard InChI is InChI=1S/C26H24N6O2.2Li/c1-4-21(11-13-29-17-27)34-25-10-7-20(15-19(25)3)32-26-23-9-8-22(16-24(23)30-18-31-26)33-14-6-12-28-5-2;;/h1,4,6-7,9-11,15-18,28H,2,5,12,14H2,3H3,(H,30,31,32);;/q-6;2*+1/b21-11+;;. The molecule has 0 radical (unpaired) electrons. The van der Waals surface area contributed by atoms with Gasteiger partial charge in [-0.1, -0.05) is 5.39 Å². The van der Waals surface area contributed by atoms with Crippen LogP contribution in [0.25, 0.3) is 16.3 Å². The summed E-state index contributed by atoms with van der Waals surface area (Å²) in [5, 5.41) is 15.8. The van der Waals surface area contributed by atoms with Gasteiger partial charge in [-0.25, -0.2) is 17.5 Å². The number of ether oxygens (including phenoxy) is 2. The number of hydrogen-bond acceptors (Lipinski definition) is 6. The molecule has 0 spiro atoms. The van der Waals surface area contributed by atoms with Crippen molar-refractivity contribution in [2.75, 3.05) is 25.0 Å². The zero-order chi connectivity index (χ0) is 24.2. The summed E-state index contributed by atoms with van der Waals surface area (Å²) in [4.78, 5) is 12.2. The van der Waals surface area contributed by atoms with Gasteiger partial charge in [-0.05, 0) is 42.8 Å². The minimum Gasteiger partial charge on any atom is -0.577 e. The van der Waals surface area contributed by atoms with Gasteiger partial charge in [-0.15, -0.1) is 31.3 Å². The molecule has 0 fully saturated rings. The molecule has 3 aromatic rings. The van der Waals surface area contributed by atoms with Gasteiger partial charge >= 0.3 is 37.7 Å². The van der Waals surface area contributed by atoms with Crippen LogP contribution in [0.2, 0.25) is 0 Å². The van der Waals surface area contributed by atoms with Crippen LogP contribution in [0.1, 0.15) is 5.56 Å². The largest absolute Gasteiger partial charge is 1.00 e. The third-order valence-corrected chi connectivity index (χ3v) is 4.53. The Morgan fingerprint density at radius 3 is 2.89 bits per heavy atom. The van der Waals surface area contributed by atoms with Crippen molar-refractivity contribution in [1.82, 2.24) is 15.3 Å². The zero-order valence-corrected chi connectivity index (χ0v) is 20.8. The number of rotatable bonds is 13. The van der Waals surface area contributed by atoms with E-state index in [4.69, 9.17) is 21.5 Å². The van der Waals surface area contributed by atoms with Crippen LogP contribution in [0.3, 0.4) is 0 Å². The fraction of sp³-hybridized carbons (Fsp3) is 0.154. The Morgan fingerprint density at radius 1 is 1.33 bits per heavy atom. The van der Waals surface area contributed by atoms with E-state index in [-0.39, 0.29) is 37.7 Å². The van der Waals surface area contributed by atoms with Crippen LogP contribution in [0.15, 0.2) is 59.6 Å². The molecule has 0 saturated heterocycles. The Balaban J connectivity index is 0.00000324. The second-order valence-corrected chi connectivity index (χ2v) is 6.92. The molecule has 36 heavy (non-hydrogen) atoms. The van der Waals surface area contributed by atoms with E-state index in [1.807, 2.05) is 43.7 Å². The molecular formula is C26H24Li2N6O2-4. The summed E-state index contributed by atoms with van der Waals surface area (Å²) in [7, 11) is 0. The van der Waals surface area contributed by atoms with Crippen molar-refractivity contribution < 1.29 is 47.2 Å². The quantitative estimate of drug-likeness (QED) is 0.0592. The van der Waals surface area contributed by atoms with Gasteiger partial charge in [-0.3, -0.25) is 18.0 Å². The average molecular weight is 466 g/mol. The number of benzene rings is 2. The van der Waals surface area contributed by atoms with Gasteiger partial charge in [0.25, 0.3) is 0 Å². The first-order valence-electron chi connectivity index (χ1n) is 10.5. The van der Waals surface area contributed by atoms with Crippen LogP contribution in [-0.2, 0) is 0 Å². The molecule has 0 unspecified atom stereocenters. The molecule has 2 aromatic carbocycles. The molecule has 0 saturated carbocycles. The van der Waals surface area contributed by atoms with Crippen LogP contribution in [0, 0.1) is 32.9 Å². The summed E-state index contributed by atoms with van der Waals surface area (Å²) in [6.45, 7) is 13.1. The number of nitrogens with one attached hydrogen (secondary N) is 2. The number of hydrogen-bond donors (Lipinski definition) is 2. The minimum absolute atomic E-state index is 0. The maximum atomic E-state index is 8.58. The monoisotopic (exact) mass is 466 g/mol. The molecule has 1 aromatic heterocycles. The number of anilines is 2. The van der Waals surface area contributed by atoms with Crippen LogP contribution in [-0.4, -0.2) is 42.2 Å². The van der Waals surface area contributed by atoms with E-state index in [9.17, 15) is 0 Å². The summed E-state index contributed by atoms with van der Waals surface area (Å²) in [6.07, 6.45) is 9.29. The summed E-state index contributed by atoms with van der Waals surface area (Å²) >= 11 is 0. The summed E-state index contributed by atoms with van der Waals surface area (Å²) in [6, 6.07) is 12.4. The Morgan fingerprint density at radius 2 is 2.17 bits per heavy atom. The first-order chi connectivity index (χ1) is 16.6. The predicted octanol–water partition coefficient (Wildman–Crippen LogP) is -1.71. The molecule has 176 valence electrons. The van der Waals surface area contributed by atoms with Gasteiger partial charge < -0.3 is 37.4 Å². The first kappa shape index (κ1) is 31.2. The molecule has 0 aliphatic rings. The van der Waals surface area contributed by atoms with Gasteiger partial charge in [0, 0.05) is 17.2 Å². The van der Waals surface area contributed by atoms with Gasteiger partial charge in [0.2, 0.25) is 0 Å². The molecule has 10 heteroatoms. The average Bonchev–Trinajstić information content (AvgIpc) is 2.85. The van der Waals surface area contributed by atoms with Crippen LogP contribution in [0.5, 0.6) is 11.5 Å². The maximum Gasteiger partial charge on any atom is 1.00 e. The fourth-order valence-corrected chi connectivity index (χ4v) is 2.92. The Hall–Kier alpha value is -2.85. The van der Waals surface area contributed by atoms with E-state index in [0.29, 0.717) is 42.6 Å². The SMILES string of the molecule is [CH-]=C/C(=C\[C-]=NC=[N-])Oc1ccc(Nc2ncnc3cc(OC[CH-]CNC[CH2-])[c-]cc23)cc1C.[Li+].[Li+]. The molecule has 0 atom stereocenters. The van der Waals surface area contributed by atoms with E-state index in [1.54, 1.807) is 0 Å². The number of aliphatic imine (C=N–C) groups is 1. The van der Waals surface area contributed by atoms with Crippen molar-refractivity contribution in [2.24, 2.45) is 4.99 Å². The predicted molar refractivity (Wildman–Crippen MR) is 135 cm³/mol. The van der Waals surface area contributed by atoms with E-state index in [1.165, 1.54) is 18.5 Å². The molecule has 8 nitrogen and oxygen atoms in total. The van der Waals surface area contributed by atoms with E-state index >= 15 is 0 Å².